The Balaban J connectivity index is 2.43. The van der Waals surface area contributed by atoms with Gasteiger partial charge >= 0.3 is 12.1 Å². The van der Waals surface area contributed by atoms with Crippen molar-refractivity contribution >= 4 is 5.97 Å². The highest BCUT2D eigenvalue weighted by Gasteiger charge is 2.42. The van der Waals surface area contributed by atoms with E-state index in [0.717, 1.165) is 12.8 Å². The number of ether oxygens (including phenoxy) is 1. The van der Waals surface area contributed by atoms with Crippen molar-refractivity contribution in [2.75, 3.05) is 13.2 Å². The molecule has 1 rings (SSSR count). The van der Waals surface area contributed by atoms with Crippen LogP contribution in [0.5, 0.6) is 0 Å². The van der Waals surface area contributed by atoms with Crippen molar-refractivity contribution in [3.05, 3.63) is 0 Å². The molecule has 0 heterocycles. The molecule has 1 saturated carbocycles. The molecule has 6 heteroatoms. The molecule has 0 radical (unpaired) electrons. The number of hydrogen-bond acceptors (Lipinski definition) is 2. The molecule has 88 valence electrons. The molecule has 0 aromatic carbocycles. The third-order valence-electron chi connectivity index (χ3n) is 2.66. The molecule has 0 unspecified atom stereocenters. The van der Waals surface area contributed by atoms with Gasteiger partial charge < -0.3 is 9.84 Å². The Morgan fingerprint density at radius 3 is 2.27 bits per heavy atom. The molecule has 1 aliphatic rings. The third kappa shape index (κ3) is 3.37. The minimum atomic E-state index is -4.39. The Kier molecular flexibility index (Phi) is 3.59. The minimum Gasteiger partial charge on any atom is -0.481 e. The lowest BCUT2D eigenvalue weighted by atomic mass is 9.87. The van der Waals surface area contributed by atoms with Crippen molar-refractivity contribution in [1.29, 1.82) is 0 Å². The van der Waals surface area contributed by atoms with Gasteiger partial charge in [-0.25, -0.2) is 0 Å². The second kappa shape index (κ2) is 4.38. The highest BCUT2D eigenvalue weighted by atomic mass is 19.4. The van der Waals surface area contributed by atoms with Crippen LogP contribution in [0.1, 0.15) is 25.7 Å². The molecule has 15 heavy (non-hydrogen) atoms. The number of rotatable bonds is 4. The molecule has 3 nitrogen and oxygen atoms in total. The maximum absolute atomic E-state index is 11.8. The molecule has 0 aliphatic heterocycles. The van der Waals surface area contributed by atoms with Gasteiger partial charge in [0.2, 0.25) is 0 Å². The van der Waals surface area contributed by atoms with Gasteiger partial charge in [-0.1, -0.05) is 12.8 Å². The Morgan fingerprint density at radius 2 is 1.87 bits per heavy atom. The molecule has 0 atom stereocenters. The fraction of sp³-hybridized carbons (Fsp3) is 0.889. The van der Waals surface area contributed by atoms with Gasteiger partial charge in [-0.3, -0.25) is 4.79 Å². The summed E-state index contributed by atoms with van der Waals surface area (Å²) in [7, 11) is 0. The van der Waals surface area contributed by atoms with Gasteiger partial charge in [0.1, 0.15) is 6.61 Å². The Morgan fingerprint density at radius 1 is 1.33 bits per heavy atom. The number of hydrogen-bond donors (Lipinski definition) is 1. The van der Waals surface area contributed by atoms with Gasteiger partial charge in [-0.05, 0) is 12.8 Å². The zero-order valence-electron chi connectivity index (χ0n) is 8.14. The summed E-state index contributed by atoms with van der Waals surface area (Å²) < 4.78 is 39.8. The summed E-state index contributed by atoms with van der Waals surface area (Å²) in [6, 6.07) is 0. The molecule has 1 aliphatic carbocycles. The zero-order valence-corrected chi connectivity index (χ0v) is 8.14. The molecule has 1 N–H and O–H groups in total. The van der Waals surface area contributed by atoms with Crippen LogP contribution in [0.25, 0.3) is 0 Å². The summed E-state index contributed by atoms with van der Waals surface area (Å²) in [5.74, 6) is -1.05. The zero-order chi connectivity index (χ0) is 11.5. The van der Waals surface area contributed by atoms with E-state index in [4.69, 9.17) is 5.11 Å². The van der Waals surface area contributed by atoms with Crippen LogP contribution < -0.4 is 0 Å². The molecule has 0 bridgehead atoms. The predicted molar refractivity (Wildman–Crippen MR) is 45.4 cm³/mol. The number of halogens is 3. The fourth-order valence-corrected chi connectivity index (χ4v) is 1.83. The lowest BCUT2D eigenvalue weighted by Crippen LogP contribution is -2.34. The summed E-state index contributed by atoms with van der Waals surface area (Å²) >= 11 is 0. The van der Waals surface area contributed by atoms with Crippen LogP contribution in [0.2, 0.25) is 0 Å². The Labute approximate surface area is 85.2 Å². The van der Waals surface area contributed by atoms with Crippen molar-refractivity contribution in [2.24, 2.45) is 5.41 Å². The standard InChI is InChI=1S/C9H13F3O3/c10-9(11,12)6-15-5-8(7(13)14)3-1-2-4-8/h1-6H2,(H,13,14). The monoisotopic (exact) mass is 226 g/mol. The van der Waals surface area contributed by atoms with Gasteiger partial charge in [0, 0.05) is 0 Å². The normalized spacial score (nSPS) is 20.5. The number of aliphatic carboxylic acids is 1. The lowest BCUT2D eigenvalue weighted by molar-refractivity contribution is -0.186. The van der Waals surface area contributed by atoms with Crippen molar-refractivity contribution in [2.45, 2.75) is 31.9 Å². The van der Waals surface area contributed by atoms with E-state index in [0.29, 0.717) is 12.8 Å². The van der Waals surface area contributed by atoms with Crippen LogP contribution in [-0.2, 0) is 9.53 Å². The first-order valence-electron chi connectivity index (χ1n) is 4.74. The Hall–Kier alpha value is -0.780. The quantitative estimate of drug-likeness (QED) is 0.799. The molecule has 0 saturated heterocycles. The van der Waals surface area contributed by atoms with Crippen molar-refractivity contribution < 1.29 is 27.8 Å². The summed E-state index contributed by atoms with van der Waals surface area (Å²) in [6.07, 6.45) is -2.11. The van der Waals surface area contributed by atoms with E-state index in [-0.39, 0.29) is 6.61 Å². The van der Waals surface area contributed by atoms with Gasteiger partial charge in [0.15, 0.2) is 0 Å². The van der Waals surface area contributed by atoms with Crippen LogP contribution in [-0.4, -0.2) is 30.5 Å². The van der Waals surface area contributed by atoms with Gasteiger partial charge in [0.25, 0.3) is 0 Å². The highest BCUT2D eigenvalue weighted by molar-refractivity contribution is 5.75. The number of carboxylic acids is 1. The van der Waals surface area contributed by atoms with Crippen molar-refractivity contribution in [1.82, 2.24) is 0 Å². The fourth-order valence-electron chi connectivity index (χ4n) is 1.83. The molecular weight excluding hydrogens is 213 g/mol. The van der Waals surface area contributed by atoms with Gasteiger partial charge in [-0.15, -0.1) is 0 Å². The Bertz CT molecular complexity index is 231. The molecule has 0 aromatic rings. The summed E-state index contributed by atoms with van der Waals surface area (Å²) in [5.41, 5.74) is -1.09. The summed E-state index contributed by atoms with van der Waals surface area (Å²) in [4.78, 5) is 10.9. The van der Waals surface area contributed by atoms with Gasteiger partial charge in [-0.2, -0.15) is 13.2 Å². The summed E-state index contributed by atoms with van der Waals surface area (Å²) in [5, 5.41) is 8.93. The SMILES string of the molecule is O=C(O)C1(COCC(F)(F)F)CCCC1. The maximum Gasteiger partial charge on any atom is 0.411 e. The minimum absolute atomic E-state index is 0.345. The van der Waals surface area contributed by atoms with Crippen LogP contribution >= 0.6 is 0 Å². The van der Waals surface area contributed by atoms with Crippen molar-refractivity contribution in [3.8, 4) is 0 Å². The number of alkyl halides is 3. The lowest BCUT2D eigenvalue weighted by Gasteiger charge is -2.23. The van der Waals surface area contributed by atoms with Crippen LogP contribution in [0.15, 0.2) is 0 Å². The largest absolute Gasteiger partial charge is 0.481 e. The maximum atomic E-state index is 11.8. The van der Waals surface area contributed by atoms with E-state index >= 15 is 0 Å². The number of carboxylic acid groups (broad SMARTS) is 1. The predicted octanol–water partition coefficient (Wildman–Crippen LogP) is 2.21. The first-order valence-corrected chi connectivity index (χ1v) is 4.74. The van der Waals surface area contributed by atoms with E-state index in [1.807, 2.05) is 0 Å². The molecule has 0 amide bonds. The van der Waals surface area contributed by atoms with E-state index in [1.54, 1.807) is 0 Å². The summed E-state index contributed by atoms with van der Waals surface area (Å²) in [6.45, 7) is -1.72. The number of carbonyl (C=O) groups is 1. The second-order valence-corrected chi connectivity index (χ2v) is 3.90. The molecule has 0 spiro atoms. The molecule has 1 fully saturated rings. The smallest absolute Gasteiger partial charge is 0.411 e. The highest BCUT2D eigenvalue weighted by Crippen LogP contribution is 2.38. The van der Waals surface area contributed by atoms with E-state index in [9.17, 15) is 18.0 Å². The first-order chi connectivity index (χ1) is 6.86. The third-order valence-corrected chi connectivity index (χ3v) is 2.66. The van der Waals surface area contributed by atoms with Crippen LogP contribution in [0.3, 0.4) is 0 Å². The first kappa shape index (κ1) is 12.3. The van der Waals surface area contributed by atoms with E-state index < -0.39 is 24.2 Å². The second-order valence-electron chi connectivity index (χ2n) is 3.90. The van der Waals surface area contributed by atoms with Crippen LogP contribution in [0, 0.1) is 5.41 Å². The average molecular weight is 226 g/mol. The van der Waals surface area contributed by atoms with Crippen molar-refractivity contribution in [3.63, 3.8) is 0 Å². The van der Waals surface area contributed by atoms with E-state index in [2.05, 4.69) is 4.74 Å². The van der Waals surface area contributed by atoms with E-state index in [1.165, 1.54) is 0 Å². The van der Waals surface area contributed by atoms with Gasteiger partial charge in [0.05, 0.1) is 12.0 Å². The topological polar surface area (TPSA) is 46.5 Å². The average Bonchev–Trinajstić information content (AvgIpc) is 2.51. The molecular formula is C9H13F3O3. The van der Waals surface area contributed by atoms with Crippen LogP contribution in [0.4, 0.5) is 13.2 Å². The molecule has 0 aromatic heterocycles.